The van der Waals surface area contributed by atoms with E-state index in [2.05, 4.69) is 111 Å². The second-order valence-electron chi connectivity index (χ2n) is 9.90. The van der Waals surface area contributed by atoms with Crippen LogP contribution in [-0.2, 0) is 13.5 Å². The van der Waals surface area contributed by atoms with Gasteiger partial charge in [-0.15, -0.1) is 0 Å². The maximum absolute atomic E-state index is 4.85. The average molecular weight is 445 g/mol. The number of nitrogens with zero attached hydrogens (tertiary/aromatic N) is 3. The van der Waals surface area contributed by atoms with E-state index in [9.17, 15) is 0 Å². The van der Waals surface area contributed by atoms with Gasteiger partial charge in [0.25, 0.3) is 5.82 Å². The minimum atomic E-state index is 0.899. The maximum atomic E-state index is 4.85. The van der Waals surface area contributed by atoms with Crippen molar-refractivity contribution in [1.29, 1.82) is 0 Å². The van der Waals surface area contributed by atoms with Crippen LogP contribution in [0, 0.1) is 34.6 Å². The molecular weight excluding hydrogens is 414 g/mol. The van der Waals surface area contributed by atoms with Crippen LogP contribution in [0.5, 0.6) is 0 Å². The minimum absolute atomic E-state index is 0.899. The quantitative estimate of drug-likeness (QED) is 0.275. The van der Waals surface area contributed by atoms with Crippen LogP contribution in [0.1, 0.15) is 39.2 Å². The lowest BCUT2D eigenvalue weighted by Gasteiger charge is -2.12. The number of aryl methyl sites for hydroxylation is 6. The molecule has 3 aromatic carbocycles. The van der Waals surface area contributed by atoms with E-state index in [1.54, 1.807) is 0 Å². The molecule has 3 heteroatoms. The van der Waals surface area contributed by atoms with Crippen LogP contribution in [0.4, 0.5) is 0 Å². The Morgan fingerprint density at radius 3 is 2.24 bits per heavy atom. The molecular formula is C31H30N3+. The molecule has 0 amide bonds. The fourth-order valence-corrected chi connectivity index (χ4v) is 5.89. The molecule has 0 atom stereocenters. The summed E-state index contributed by atoms with van der Waals surface area (Å²) in [5, 5.41) is 0. The lowest BCUT2D eigenvalue weighted by atomic mass is 10.0. The molecule has 6 rings (SSSR count). The number of pyridine rings is 1. The summed E-state index contributed by atoms with van der Waals surface area (Å²) in [5.41, 5.74) is 16.4. The summed E-state index contributed by atoms with van der Waals surface area (Å²) >= 11 is 0. The number of rotatable bonds is 2. The van der Waals surface area contributed by atoms with Gasteiger partial charge in [-0.3, -0.25) is 4.98 Å². The highest BCUT2D eigenvalue weighted by Crippen LogP contribution is 2.40. The monoisotopic (exact) mass is 444 g/mol. The second-order valence-corrected chi connectivity index (χ2v) is 9.90. The molecule has 2 aromatic heterocycles. The molecule has 1 aliphatic carbocycles. The number of fused-ring (bicyclic) bond motifs is 4. The zero-order valence-corrected chi connectivity index (χ0v) is 20.8. The molecule has 0 saturated heterocycles. The topological polar surface area (TPSA) is 21.7 Å². The van der Waals surface area contributed by atoms with Gasteiger partial charge in [0.05, 0.1) is 18.3 Å². The predicted molar refractivity (Wildman–Crippen MR) is 140 cm³/mol. The van der Waals surface area contributed by atoms with Crippen molar-refractivity contribution in [1.82, 2.24) is 9.55 Å². The van der Waals surface area contributed by atoms with Crippen LogP contribution >= 0.6 is 0 Å². The van der Waals surface area contributed by atoms with Crippen molar-refractivity contribution in [2.24, 2.45) is 7.05 Å². The van der Waals surface area contributed by atoms with Crippen molar-refractivity contribution >= 4 is 11.0 Å². The molecule has 0 radical (unpaired) electrons. The summed E-state index contributed by atoms with van der Waals surface area (Å²) in [4.78, 5) is 4.85. The van der Waals surface area contributed by atoms with Crippen LogP contribution in [0.25, 0.3) is 39.2 Å². The van der Waals surface area contributed by atoms with E-state index >= 15 is 0 Å². The fraction of sp³-hybridized carbons (Fsp3) is 0.226. The van der Waals surface area contributed by atoms with Gasteiger partial charge in [-0.2, -0.15) is 4.57 Å². The highest BCUT2D eigenvalue weighted by molar-refractivity contribution is 5.89. The Hall–Kier alpha value is -3.72. The molecule has 0 spiro atoms. The molecule has 168 valence electrons. The summed E-state index contributed by atoms with van der Waals surface area (Å²) in [5.74, 6) is 1.22. The largest absolute Gasteiger partial charge is 0.295 e. The molecule has 1 aliphatic rings. The summed E-state index contributed by atoms with van der Waals surface area (Å²) in [7, 11) is 2.20. The van der Waals surface area contributed by atoms with Crippen LogP contribution < -0.4 is 4.57 Å². The molecule has 3 nitrogen and oxygen atoms in total. The first-order valence-electron chi connectivity index (χ1n) is 12.0. The minimum Gasteiger partial charge on any atom is -0.257 e. The van der Waals surface area contributed by atoms with Crippen LogP contribution in [-0.4, -0.2) is 9.55 Å². The number of aromatic nitrogens is 3. The first-order chi connectivity index (χ1) is 16.3. The summed E-state index contributed by atoms with van der Waals surface area (Å²) in [6.45, 7) is 10.9. The van der Waals surface area contributed by atoms with Crippen molar-refractivity contribution in [2.45, 2.75) is 41.0 Å². The molecule has 0 saturated carbocycles. The van der Waals surface area contributed by atoms with Gasteiger partial charge in [0.1, 0.15) is 5.69 Å². The fourth-order valence-electron chi connectivity index (χ4n) is 5.89. The van der Waals surface area contributed by atoms with E-state index in [1.807, 2.05) is 0 Å². The molecule has 0 unspecified atom stereocenters. The SMILES string of the molecule is Cc1cc(C)c(-n2c(-c3ccccc3C)[n+](C)c3cc4c(cc32)-c2ccc(C)nc2C4)c(C)c1. The standard InChI is InChI=1S/C31H30N3/c1-18-13-20(3)30(21(4)14-18)34-29-17-26-23(15-27-25(26)12-11-22(5)32-27)16-28(29)33(6)31(34)24-10-8-7-9-19(24)2/h7-14,16-17H,15H2,1-6H3/q+1. The number of imidazole rings is 1. The number of benzene rings is 3. The van der Waals surface area contributed by atoms with Gasteiger partial charge < -0.3 is 0 Å². The Balaban J connectivity index is 1.76. The van der Waals surface area contributed by atoms with Gasteiger partial charge in [0.2, 0.25) is 0 Å². The molecule has 34 heavy (non-hydrogen) atoms. The highest BCUT2D eigenvalue weighted by atomic mass is 15.2. The Morgan fingerprint density at radius 1 is 0.765 bits per heavy atom. The summed E-state index contributed by atoms with van der Waals surface area (Å²) in [6, 6.07) is 22.5. The first kappa shape index (κ1) is 20.9. The van der Waals surface area contributed by atoms with Crippen LogP contribution in [0.15, 0.2) is 60.7 Å². The van der Waals surface area contributed by atoms with Gasteiger partial charge in [-0.05, 0) is 86.7 Å². The second kappa shape index (κ2) is 7.39. The third kappa shape index (κ3) is 2.96. The van der Waals surface area contributed by atoms with E-state index in [4.69, 9.17) is 4.98 Å². The van der Waals surface area contributed by atoms with Gasteiger partial charge in [-0.1, -0.05) is 42.0 Å². The average Bonchev–Trinajstić information content (AvgIpc) is 3.26. The zero-order valence-electron chi connectivity index (χ0n) is 20.8. The molecule has 0 bridgehead atoms. The van der Waals surface area contributed by atoms with Crippen molar-refractivity contribution < 1.29 is 4.57 Å². The Kier molecular flexibility index (Phi) is 4.54. The lowest BCUT2D eigenvalue weighted by Crippen LogP contribution is -2.30. The molecule has 2 heterocycles. The third-order valence-electron chi connectivity index (χ3n) is 7.34. The normalized spacial score (nSPS) is 12.3. The smallest absolute Gasteiger partial charge is 0.257 e. The molecule has 0 aliphatic heterocycles. The number of hydrogen-bond acceptors (Lipinski definition) is 1. The van der Waals surface area contributed by atoms with Crippen molar-refractivity contribution in [3.63, 3.8) is 0 Å². The van der Waals surface area contributed by atoms with Crippen molar-refractivity contribution in [3.05, 3.63) is 99.9 Å². The Morgan fingerprint density at radius 2 is 1.50 bits per heavy atom. The summed E-state index contributed by atoms with van der Waals surface area (Å²) in [6.07, 6.45) is 0.899. The van der Waals surface area contributed by atoms with Gasteiger partial charge in [0.15, 0.2) is 11.0 Å². The van der Waals surface area contributed by atoms with Crippen LogP contribution in [0.2, 0.25) is 0 Å². The zero-order chi connectivity index (χ0) is 23.7. The summed E-state index contributed by atoms with van der Waals surface area (Å²) < 4.78 is 4.86. The van der Waals surface area contributed by atoms with E-state index in [1.165, 1.54) is 72.7 Å². The maximum Gasteiger partial charge on any atom is 0.295 e. The Bertz CT molecular complexity index is 1610. The lowest BCUT2D eigenvalue weighted by molar-refractivity contribution is -0.633. The van der Waals surface area contributed by atoms with Gasteiger partial charge >= 0.3 is 0 Å². The van der Waals surface area contributed by atoms with Crippen molar-refractivity contribution in [3.8, 4) is 28.2 Å². The van der Waals surface area contributed by atoms with E-state index in [0.717, 1.165) is 12.1 Å². The third-order valence-corrected chi connectivity index (χ3v) is 7.34. The van der Waals surface area contributed by atoms with E-state index in [0.29, 0.717) is 0 Å². The highest BCUT2D eigenvalue weighted by Gasteiger charge is 2.32. The van der Waals surface area contributed by atoms with Crippen LogP contribution in [0.3, 0.4) is 0 Å². The van der Waals surface area contributed by atoms with E-state index < -0.39 is 0 Å². The first-order valence-corrected chi connectivity index (χ1v) is 12.0. The predicted octanol–water partition coefficient (Wildman–Crippen LogP) is 6.63. The molecule has 0 N–H and O–H groups in total. The molecule has 0 fully saturated rings. The van der Waals surface area contributed by atoms with Gasteiger partial charge in [-0.25, -0.2) is 4.57 Å². The van der Waals surface area contributed by atoms with Gasteiger partial charge in [0, 0.05) is 17.7 Å². The van der Waals surface area contributed by atoms with E-state index in [-0.39, 0.29) is 0 Å². The molecule has 5 aromatic rings. The van der Waals surface area contributed by atoms with Crippen molar-refractivity contribution in [2.75, 3.05) is 0 Å². The Labute approximate surface area is 201 Å². The number of hydrogen-bond donors (Lipinski definition) is 0.